The number of hydrogen-bond acceptors (Lipinski definition) is 2. The van der Waals surface area contributed by atoms with E-state index in [1.54, 1.807) is 18.4 Å². The molecule has 0 spiro atoms. The molecule has 1 radical (unpaired) electrons. The molecule has 1 aliphatic carbocycles. The Morgan fingerprint density at radius 2 is 1.73 bits per heavy atom. The largest absolute Gasteiger partial charge is 0.318 e. The third-order valence-electron chi connectivity index (χ3n) is 1.52. The molecule has 0 fully saturated rings. The zero-order chi connectivity index (χ0) is 8.16. The van der Waals surface area contributed by atoms with Gasteiger partial charge in [-0.15, -0.1) is 0 Å². The van der Waals surface area contributed by atoms with Crippen LogP contribution in [0.3, 0.4) is 0 Å². The summed E-state index contributed by atoms with van der Waals surface area (Å²) < 4.78 is 0. The van der Waals surface area contributed by atoms with Crippen LogP contribution < -0.4 is 5.73 Å². The lowest BCUT2D eigenvalue weighted by atomic mass is 9.97. The molecule has 0 aliphatic heterocycles. The van der Waals surface area contributed by atoms with E-state index in [2.05, 4.69) is 0 Å². The molecule has 2 N–H and O–H groups in total. The number of allylic oxidation sites excluding steroid dienone is 4. The molecule has 0 saturated carbocycles. The Morgan fingerprint density at radius 1 is 1.18 bits per heavy atom. The van der Waals surface area contributed by atoms with E-state index in [-0.39, 0.29) is 6.42 Å². The Morgan fingerprint density at radius 3 is 2.18 bits per heavy atom. The van der Waals surface area contributed by atoms with Crippen molar-refractivity contribution in [2.45, 2.75) is 12.0 Å². The first-order valence-corrected chi connectivity index (χ1v) is 3.44. The molecule has 57 valence electrons. The van der Waals surface area contributed by atoms with Gasteiger partial charge in [-0.2, -0.15) is 0 Å². The second kappa shape index (κ2) is 3.30. The molecule has 0 unspecified atom stereocenters. The molecule has 1 rings (SSSR count). The summed E-state index contributed by atoms with van der Waals surface area (Å²) in [6, 6.07) is 0. The van der Waals surface area contributed by atoms with Crippen molar-refractivity contribution in [2.24, 2.45) is 5.73 Å². The average Bonchev–Trinajstić information content (AvgIpc) is 2.15. The standard InChI is InChI=1S/C9H10NO/c10-9(7-8-11)5-3-1-2-4-6-9/h1-6H,7,10H2. The highest BCUT2D eigenvalue weighted by Crippen LogP contribution is 2.11. The van der Waals surface area contributed by atoms with Crippen molar-refractivity contribution in [3.8, 4) is 0 Å². The molecule has 2 nitrogen and oxygen atoms in total. The summed E-state index contributed by atoms with van der Waals surface area (Å²) in [6.07, 6.45) is 13.0. The van der Waals surface area contributed by atoms with E-state index in [1.165, 1.54) is 0 Å². The second-order valence-corrected chi connectivity index (χ2v) is 2.54. The Kier molecular flexibility index (Phi) is 2.39. The molecule has 0 saturated heterocycles. The highest BCUT2D eigenvalue weighted by atomic mass is 16.1. The molecule has 0 aromatic heterocycles. The van der Waals surface area contributed by atoms with Gasteiger partial charge in [0.15, 0.2) is 0 Å². The van der Waals surface area contributed by atoms with Crippen LogP contribution in [0.25, 0.3) is 0 Å². The summed E-state index contributed by atoms with van der Waals surface area (Å²) in [4.78, 5) is 10.1. The van der Waals surface area contributed by atoms with Crippen LogP contribution >= 0.6 is 0 Å². The van der Waals surface area contributed by atoms with Gasteiger partial charge in [0.25, 0.3) is 0 Å². The Balaban J connectivity index is 2.77. The van der Waals surface area contributed by atoms with Gasteiger partial charge in [0.1, 0.15) is 0 Å². The van der Waals surface area contributed by atoms with E-state index >= 15 is 0 Å². The monoisotopic (exact) mass is 148 g/mol. The summed E-state index contributed by atoms with van der Waals surface area (Å²) in [5.74, 6) is 0. The zero-order valence-corrected chi connectivity index (χ0v) is 6.16. The number of carbonyl (C=O) groups excluding carboxylic acids is 1. The van der Waals surface area contributed by atoms with Gasteiger partial charge < -0.3 is 5.73 Å². The van der Waals surface area contributed by atoms with Gasteiger partial charge in [0.2, 0.25) is 6.29 Å². The van der Waals surface area contributed by atoms with Gasteiger partial charge in [-0.05, 0) is 0 Å². The summed E-state index contributed by atoms with van der Waals surface area (Å²) in [5.41, 5.74) is 5.16. The molecule has 0 bridgehead atoms. The first kappa shape index (κ1) is 7.95. The lowest BCUT2D eigenvalue weighted by Gasteiger charge is -2.16. The first-order chi connectivity index (χ1) is 5.27. The van der Waals surface area contributed by atoms with Crippen molar-refractivity contribution in [3.05, 3.63) is 36.5 Å². The van der Waals surface area contributed by atoms with Crippen molar-refractivity contribution < 1.29 is 4.79 Å². The van der Waals surface area contributed by atoms with Crippen LogP contribution in [0, 0.1) is 0 Å². The zero-order valence-electron chi connectivity index (χ0n) is 6.16. The van der Waals surface area contributed by atoms with Crippen molar-refractivity contribution in [2.75, 3.05) is 0 Å². The van der Waals surface area contributed by atoms with Gasteiger partial charge in [0, 0.05) is 6.42 Å². The minimum absolute atomic E-state index is 0.210. The lowest BCUT2D eigenvalue weighted by Crippen LogP contribution is -2.35. The molecule has 1 aliphatic rings. The van der Waals surface area contributed by atoms with Crippen LogP contribution in [0.4, 0.5) is 0 Å². The third kappa shape index (κ3) is 2.16. The summed E-state index contributed by atoms with van der Waals surface area (Å²) in [5, 5.41) is 0. The van der Waals surface area contributed by atoms with Crippen molar-refractivity contribution in [1.82, 2.24) is 0 Å². The predicted octanol–water partition coefficient (Wildman–Crippen LogP) is 0.866. The topological polar surface area (TPSA) is 43.1 Å². The van der Waals surface area contributed by atoms with Crippen LogP contribution in [0.2, 0.25) is 0 Å². The maximum absolute atomic E-state index is 10.1. The van der Waals surface area contributed by atoms with Crippen molar-refractivity contribution >= 4 is 6.29 Å². The smallest absolute Gasteiger partial charge is 0.200 e. The third-order valence-corrected chi connectivity index (χ3v) is 1.52. The van der Waals surface area contributed by atoms with Gasteiger partial charge in [-0.25, -0.2) is 0 Å². The van der Waals surface area contributed by atoms with Gasteiger partial charge >= 0.3 is 0 Å². The van der Waals surface area contributed by atoms with Crippen LogP contribution in [0.15, 0.2) is 36.5 Å². The Bertz CT molecular complexity index is 210. The van der Waals surface area contributed by atoms with Crippen LogP contribution in [-0.4, -0.2) is 11.8 Å². The SMILES string of the molecule is NC1(C[C]=O)C=CC=CC=C1. The van der Waals surface area contributed by atoms with Crippen molar-refractivity contribution in [1.29, 1.82) is 0 Å². The quantitative estimate of drug-likeness (QED) is 0.631. The normalized spacial score (nSPS) is 19.7. The Labute approximate surface area is 66.1 Å². The van der Waals surface area contributed by atoms with Crippen LogP contribution in [0.1, 0.15) is 6.42 Å². The number of nitrogens with two attached hydrogens (primary N) is 1. The minimum Gasteiger partial charge on any atom is -0.318 e. The molecule has 0 heterocycles. The molecule has 0 amide bonds. The van der Waals surface area contributed by atoms with Crippen molar-refractivity contribution in [3.63, 3.8) is 0 Å². The maximum atomic E-state index is 10.1. The predicted molar refractivity (Wildman–Crippen MR) is 44.6 cm³/mol. The fraction of sp³-hybridized carbons (Fsp3) is 0.222. The molecule has 11 heavy (non-hydrogen) atoms. The lowest BCUT2D eigenvalue weighted by molar-refractivity contribution is 0.536. The first-order valence-electron chi connectivity index (χ1n) is 3.44. The van der Waals surface area contributed by atoms with Crippen LogP contribution in [-0.2, 0) is 4.79 Å². The molecule has 0 aromatic rings. The number of hydrogen-bond donors (Lipinski definition) is 1. The molecular weight excluding hydrogens is 138 g/mol. The summed E-state index contributed by atoms with van der Waals surface area (Å²) >= 11 is 0. The van der Waals surface area contributed by atoms with E-state index in [0.717, 1.165) is 0 Å². The van der Waals surface area contributed by atoms with Gasteiger partial charge in [0.05, 0.1) is 5.54 Å². The minimum atomic E-state index is -0.634. The summed E-state index contributed by atoms with van der Waals surface area (Å²) in [7, 11) is 0. The van der Waals surface area contributed by atoms with Crippen LogP contribution in [0.5, 0.6) is 0 Å². The highest BCUT2D eigenvalue weighted by molar-refractivity contribution is 5.55. The molecule has 0 atom stereocenters. The van der Waals surface area contributed by atoms with E-state index in [0.29, 0.717) is 0 Å². The molecule has 2 heteroatoms. The average molecular weight is 148 g/mol. The summed E-state index contributed by atoms with van der Waals surface area (Å²) in [6.45, 7) is 0. The van der Waals surface area contributed by atoms with E-state index in [1.807, 2.05) is 24.3 Å². The molecule has 0 aromatic carbocycles. The second-order valence-electron chi connectivity index (χ2n) is 2.54. The van der Waals surface area contributed by atoms with Gasteiger partial charge in [-0.1, -0.05) is 36.5 Å². The highest BCUT2D eigenvalue weighted by Gasteiger charge is 2.16. The molecular formula is C9H10NO. The van der Waals surface area contributed by atoms with Gasteiger partial charge in [-0.3, -0.25) is 4.79 Å². The number of rotatable bonds is 2. The fourth-order valence-corrected chi connectivity index (χ4v) is 0.896. The van der Waals surface area contributed by atoms with E-state index in [4.69, 9.17) is 5.73 Å². The maximum Gasteiger partial charge on any atom is 0.200 e. The van der Waals surface area contributed by atoms with E-state index < -0.39 is 5.54 Å². The Hall–Kier alpha value is -1.15. The van der Waals surface area contributed by atoms with E-state index in [9.17, 15) is 4.79 Å². The fourth-order valence-electron chi connectivity index (χ4n) is 0.896.